The van der Waals surface area contributed by atoms with Crippen LogP contribution in [0.3, 0.4) is 0 Å². The molecule has 2 aromatic rings. The quantitative estimate of drug-likeness (QED) is 0.917. The number of hydrogen-bond donors (Lipinski definition) is 1. The fourth-order valence-corrected chi connectivity index (χ4v) is 4.54. The Morgan fingerprint density at radius 1 is 1.25 bits per heavy atom. The molecule has 0 radical (unpaired) electrons. The molecule has 0 bridgehead atoms. The lowest BCUT2D eigenvalue weighted by Gasteiger charge is -2.07. The van der Waals surface area contributed by atoms with Crippen molar-refractivity contribution in [3.8, 4) is 0 Å². The van der Waals surface area contributed by atoms with E-state index < -0.39 is 20.8 Å². The van der Waals surface area contributed by atoms with E-state index >= 15 is 0 Å². The molecule has 0 amide bonds. The molecule has 0 aliphatic heterocycles. The first-order chi connectivity index (χ1) is 9.42. The summed E-state index contributed by atoms with van der Waals surface area (Å²) >= 11 is 1.26. The average molecular weight is 329 g/mol. The highest BCUT2D eigenvalue weighted by molar-refractivity contribution is 7.94. The van der Waals surface area contributed by atoms with Gasteiger partial charge in [-0.1, -0.05) is 13.0 Å². The van der Waals surface area contributed by atoms with E-state index in [1.54, 1.807) is 36.6 Å². The third-order valence-electron chi connectivity index (χ3n) is 2.67. The van der Waals surface area contributed by atoms with Crippen LogP contribution >= 0.6 is 11.3 Å². The van der Waals surface area contributed by atoms with Gasteiger partial charge in [-0.15, -0.1) is 11.3 Å². The standard InChI is InChI=1S/C13H15NO3S3/c1-3-11-7-8-13(18-11)20(16,17)14-10-5-4-6-12(9-10)19(2)15/h4-9,14H,3H2,1-2H3. The van der Waals surface area contributed by atoms with E-state index in [-0.39, 0.29) is 4.21 Å². The highest BCUT2D eigenvalue weighted by Gasteiger charge is 2.17. The van der Waals surface area contributed by atoms with Crippen molar-refractivity contribution in [1.82, 2.24) is 0 Å². The molecule has 1 heterocycles. The van der Waals surface area contributed by atoms with E-state index in [1.807, 2.05) is 13.0 Å². The van der Waals surface area contributed by atoms with Crippen LogP contribution in [0.25, 0.3) is 0 Å². The fraction of sp³-hybridized carbons (Fsp3) is 0.231. The van der Waals surface area contributed by atoms with Gasteiger partial charge < -0.3 is 0 Å². The molecule has 0 saturated carbocycles. The molecule has 0 aliphatic carbocycles. The van der Waals surface area contributed by atoms with Crippen molar-refractivity contribution in [2.75, 3.05) is 11.0 Å². The van der Waals surface area contributed by atoms with Crippen molar-refractivity contribution in [2.24, 2.45) is 0 Å². The highest BCUT2D eigenvalue weighted by Crippen LogP contribution is 2.25. The first-order valence-corrected chi connectivity index (χ1v) is 9.83. The van der Waals surface area contributed by atoms with E-state index in [9.17, 15) is 12.6 Å². The third-order valence-corrected chi connectivity index (χ3v) is 6.69. The summed E-state index contributed by atoms with van der Waals surface area (Å²) in [5.74, 6) is 0. The van der Waals surface area contributed by atoms with Gasteiger partial charge in [0.2, 0.25) is 0 Å². The van der Waals surface area contributed by atoms with Crippen LogP contribution in [-0.2, 0) is 27.2 Å². The normalized spacial score (nSPS) is 13.1. The molecule has 20 heavy (non-hydrogen) atoms. The van der Waals surface area contributed by atoms with Gasteiger partial charge in [0, 0.05) is 26.8 Å². The first kappa shape index (κ1) is 15.2. The number of sulfonamides is 1. The number of nitrogens with one attached hydrogen (secondary N) is 1. The Hall–Kier alpha value is -1.18. The Kier molecular flexibility index (Phi) is 4.62. The Balaban J connectivity index is 2.28. The summed E-state index contributed by atoms with van der Waals surface area (Å²) < 4.78 is 38.7. The minimum Gasteiger partial charge on any atom is -0.279 e. The van der Waals surface area contributed by atoms with Crippen LogP contribution in [0.1, 0.15) is 11.8 Å². The van der Waals surface area contributed by atoms with Crippen molar-refractivity contribution < 1.29 is 12.6 Å². The molecule has 0 fully saturated rings. The molecule has 2 rings (SSSR count). The van der Waals surface area contributed by atoms with Gasteiger partial charge in [-0.2, -0.15) is 0 Å². The molecule has 7 heteroatoms. The summed E-state index contributed by atoms with van der Waals surface area (Å²) in [6.45, 7) is 1.98. The van der Waals surface area contributed by atoms with Crippen LogP contribution in [0.2, 0.25) is 0 Å². The third kappa shape index (κ3) is 3.47. The number of anilines is 1. The maximum atomic E-state index is 12.2. The Morgan fingerprint density at radius 3 is 2.60 bits per heavy atom. The molecular weight excluding hydrogens is 314 g/mol. The van der Waals surface area contributed by atoms with Gasteiger partial charge in [-0.25, -0.2) is 8.42 Å². The molecular formula is C13H15NO3S3. The van der Waals surface area contributed by atoms with Gasteiger partial charge in [0.15, 0.2) is 0 Å². The molecule has 0 saturated heterocycles. The maximum Gasteiger partial charge on any atom is 0.271 e. The second-order valence-electron chi connectivity index (χ2n) is 4.16. The minimum absolute atomic E-state index is 0.289. The monoisotopic (exact) mass is 329 g/mol. The Labute approximate surface area is 125 Å². The van der Waals surface area contributed by atoms with Crippen LogP contribution in [-0.4, -0.2) is 18.9 Å². The van der Waals surface area contributed by atoms with Gasteiger partial charge in [-0.05, 0) is 36.8 Å². The lowest BCUT2D eigenvalue weighted by Crippen LogP contribution is -2.11. The highest BCUT2D eigenvalue weighted by atomic mass is 32.2. The lowest BCUT2D eigenvalue weighted by atomic mass is 10.3. The van der Waals surface area contributed by atoms with Crippen LogP contribution < -0.4 is 4.72 Å². The predicted octanol–water partition coefficient (Wildman–Crippen LogP) is 2.85. The average Bonchev–Trinajstić information content (AvgIpc) is 2.88. The molecule has 1 aromatic carbocycles. The SMILES string of the molecule is CCc1ccc(S(=O)(=O)Nc2cccc(S(C)=O)c2)s1. The predicted molar refractivity (Wildman–Crippen MR) is 83.3 cm³/mol. The molecule has 1 unspecified atom stereocenters. The van der Waals surface area contributed by atoms with Crippen LogP contribution in [0.4, 0.5) is 5.69 Å². The van der Waals surface area contributed by atoms with Crippen molar-refractivity contribution in [1.29, 1.82) is 0 Å². The van der Waals surface area contributed by atoms with Gasteiger partial charge in [0.05, 0.1) is 5.69 Å². The molecule has 0 aliphatic rings. The smallest absolute Gasteiger partial charge is 0.271 e. The number of thiophene rings is 1. The molecule has 1 aromatic heterocycles. The van der Waals surface area contributed by atoms with Gasteiger partial charge >= 0.3 is 0 Å². The molecule has 1 atom stereocenters. The summed E-state index contributed by atoms with van der Waals surface area (Å²) in [5.41, 5.74) is 0.421. The van der Waals surface area contributed by atoms with Crippen molar-refractivity contribution in [3.63, 3.8) is 0 Å². The summed E-state index contributed by atoms with van der Waals surface area (Å²) in [4.78, 5) is 1.61. The number of aryl methyl sites for hydroxylation is 1. The minimum atomic E-state index is -3.58. The summed E-state index contributed by atoms with van der Waals surface area (Å²) in [7, 11) is -4.72. The van der Waals surface area contributed by atoms with Gasteiger partial charge in [0.25, 0.3) is 10.0 Å². The zero-order valence-electron chi connectivity index (χ0n) is 11.1. The number of benzene rings is 1. The summed E-state index contributed by atoms with van der Waals surface area (Å²) in [6.07, 6.45) is 2.37. The van der Waals surface area contributed by atoms with Crippen molar-refractivity contribution in [2.45, 2.75) is 22.4 Å². The zero-order chi connectivity index (χ0) is 14.8. The van der Waals surface area contributed by atoms with Crippen LogP contribution in [0.15, 0.2) is 45.5 Å². The Morgan fingerprint density at radius 2 is 2.00 bits per heavy atom. The number of hydrogen-bond acceptors (Lipinski definition) is 4. The summed E-state index contributed by atoms with van der Waals surface area (Å²) in [5, 5.41) is 0. The molecule has 1 N–H and O–H groups in total. The molecule has 108 valence electrons. The second kappa shape index (κ2) is 6.07. The second-order valence-corrected chi connectivity index (χ2v) is 8.62. The largest absolute Gasteiger partial charge is 0.279 e. The topological polar surface area (TPSA) is 63.2 Å². The Bertz CT molecular complexity index is 735. The van der Waals surface area contributed by atoms with Crippen LogP contribution in [0, 0.1) is 0 Å². The van der Waals surface area contributed by atoms with E-state index in [4.69, 9.17) is 0 Å². The van der Waals surface area contributed by atoms with E-state index in [2.05, 4.69) is 4.72 Å². The fourth-order valence-electron chi connectivity index (χ4n) is 1.64. The van der Waals surface area contributed by atoms with Crippen molar-refractivity contribution in [3.05, 3.63) is 41.3 Å². The maximum absolute atomic E-state index is 12.2. The van der Waals surface area contributed by atoms with E-state index in [1.165, 1.54) is 11.3 Å². The van der Waals surface area contributed by atoms with E-state index in [0.717, 1.165) is 11.3 Å². The van der Waals surface area contributed by atoms with Crippen molar-refractivity contribution >= 4 is 37.8 Å². The van der Waals surface area contributed by atoms with E-state index in [0.29, 0.717) is 10.6 Å². The zero-order valence-corrected chi connectivity index (χ0v) is 13.6. The summed E-state index contributed by atoms with van der Waals surface area (Å²) in [6, 6.07) is 10.0. The first-order valence-electron chi connectivity index (χ1n) is 5.97. The van der Waals surface area contributed by atoms with Gasteiger partial charge in [0.1, 0.15) is 4.21 Å². The molecule has 4 nitrogen and oxygen atoms in total. The van der Waals surface area contributed by atoms with Crippen LogP contribution in [0.5, 0.6) is 0 Å². The number of rotatable bonds is 5. The lowest BCUT2D eigenvalue weighted by molar-refractivity contribution is 0.603. The van der Waals surface area contributed by atoms with Gasteiger partial charge in [-0.3, -0.25) is 8.93 Å². The molecule has 0 spiro atoms.